The summed E-state index contributed by atoms with van der Waals surface area (Å²) in [6.07, 6.45) is -4.55. The van der Waals surface area contributed by atoms with Crippen LogP contribution in [0.3, 0.4) is 0 Å². The number of nitrogens with zero attached hydrogens (tertiary/aromatic N) is 2. The monoisotopic (exact) mass is 445 g/mol. The Kier molecular flexibility index (Phi) is 5.18. The van der Waals surface area contributed by atoms with Gasteiger partial charge in [0.15, 0.2) is 0 Å². The van der Waals surface area contributed by atoms with Gasteiger partial charge >= 0.3 is 12.2 Å². The van der Waals surface area contributed by atoms with Crippen molar-refractivity contribution in [3.8, 4) is 11.5 Å². The number of halogens is 5. The van der Waals surface area contributed by atoms with Crippen LogP contribution < -0.4 is 5.32 Å². The van der Waals surface area contributed by atoms with E-state index in [0.29, 0.717) is 11.6 Å². The first-order chi connectivity index (χ1) is 12.6. The lowest BCUT2D eigenvalue weighted by Crippen LogP contribution is -2.23. The Morgan fingerprint density at radius 1 is 1.33 bits per heavy atom. The van der Waals surface area contributed by atoms with Gasteiger partial charge in [0.05, 0.1) is 5.57 Å². The number of carbonyl (C=O) groups excluding carboxylic acids is 1. The fraction of sp³-hybridized carbons (Fsp3) is 0.235. The van der Waals surface area contributed by atoms with Gasteiger partial charge in [0.25, 0.3) is 5.91 Å². The van der Waals surface area contributed by atoms with E-state index in [0.717, 1.165) is 4.47 Å². The maximum Gasteiger partial charge on any atom is 0.418 e. The third-order valence-electron chi connectivity index (χ3n) is 3.85. The lowest BCUT2D eigenvalue weighted by Gasteiger charge is -2.21. The van der Waals surface area contributed by atoms with Crippen molar-refractivity contribution >= 4 is 27.9 Å². The van der Waals surface area contributed by atoms with Crippen LogP contribution in [-0.2, 0) is 4.79 Å². The van der Waals surface area contributed by atoms with Gasteiger partial charge in [-0.25, -0.2) is 4.39 Å². The number of rotatable bonds is 3. The second-order valence-corrected chi connectivity index (χ2v) is 6.83. The van der Waals surface area contributed by atoms with Crippen LogP contribution in [0.25, 0.3) is 11.5 Å². The van der Waals surface area contributed by atoms with Crippen LogP contribution in [0.1, 0.15) is 13.3 Å². The summed E-state index contributed by atoms with van der Waals surface area (Å²) >= 11 is 3.30. The van der Waals surface area contributed by atoms with Crippen molar-refractivity contribution in [3.05, 3.63) is 51.8 Å². The molecule has 1 amide bonds. The Morgan fingerprint density at radius 2 is 2.07 bits per heavy atom. The molecule has 1 aromatic carbocycles. The summed E-state index contributed by atoms with van der Waals surface area (Å²) in [6, 6.07) is 6.69. The number of alkyl halides is 3. The van der Waals surface area contributed by atoms with Gasteiger partial charge in [-0.3, -0.25) is 10.1 Å². The number of hydrogen-bond donors (Lipinski definition) is 1. The van der Waals surface area contributed by atoms with Crippen molar-refractivity contribution in [1.82, 2.24) is 10.2 Å². The first-order valence-electron chi connectivity index (χ1n) is 7.73. The summed E-state index contributed by atoms with van der Waals surface area (Å²) in [5.74, 6) is -3.08. The minimum atomic E-state index is -4.89. The van der Waals surface area contributed by atoms with Gasteiger partial charge in [-0.15, -0.1) is 5.10 Å². The Morgan fingerprint density at radius 3 is 2.74 bits per heavy atom. The zero-order valence-electron chi connectivity index (χ0n) is 13.8. The summed E-state index contributed by atoms with van der Waals surface area (Å²) in [5, 5.41) is 9.70. The Hall–Kier alpha value is -2.49. The molecule has 5 nitrogen and oxygen atoms in total. The van der Waals surface area contributed by atoms with Crippen LogP contribution in [0.4, 0.5) is 23.6 Å². The molecule has 0 fully saturated rings. The largest absolute Gasteiger partial charge is 0.418 e. The van der Waals surface area contributed by atoms with Crippen molar-refractivity contribution in [1.29, 1.82) is 0 Å². The van der Waals surface area contributed by atoms with Gasteiger partial charge in [0.1, 0.15) is 5.83 Å². The summed E-state index contributed by atoms with van der Waals surface area (Å²) in [6.45, 7) is 1.28. The van der Waals surface area contributed by atoms with E-state index in [2.05, 4.69) is 31.4 Å². The smallest absolute Gasteiger partial charge is 0.403 e. The predicted molar refractivity (Wildman–Crippen MR) is 92.1 cm³/mol. The van der Waals surface area contributed by atoms with Crippen LogP contribution in [-0.4, -0.2) is 22.3 Å². The molecule has 1 aliphatic carbocycles. The zero-order valence-corrected chi connectivity index (χ0v) is 15.4. The van der Waals surface area contributed by atoms with Crippen LogP contribution in [0.2, 0.25) is 0 Å². The molecule has 1 N–H and O–H groups in total. The maximum atomic E-state index is 13.8. The SMILES string of the molecule is CC1CC(C(=O)Nc2nnc(-c3cccc(Br)c3)o2)=CC(C(F)(F)F)=C1F. The normalized spacial score (nSPS) is 17.7. The van der Waals surface area contributed by atoms with Crippen molar-refractivity contribution in [2.75, 3.05) is 5.32 Å². The highest BCUT2D eigenvalue weighted by Crippen LogP contribution is 2.39. The van der Waals surface area contributed by atoms with Crippen LogP contribution in [0.5, 0.6) is 0 Å². The maximum absolute atomic E-state index is 13.8. The van der Waals surface area contributed by atoms with Crippen molar-refractivity contribution in [2.24, 2.45) is 5.92 Å². The molecule has 1 aliphatic rings. The summed E-state index contributed by atoms with van der Waals surface area (Å²) in [7, 11) is 0. The molecule has 0 spiro atoms. The van der Waals surface area contributed by atoms with E-state index in [1.54, 1.807) is 24.3 Å². The minimum absolute atomic E-state index is 0.125. The zero-order chi connectivity index (χ0) is 19.8. The highest BCUT2D eigenvalue weighted by Gasteiger charge is 2.40. The van der Waals surface area contributed by atoms with Gasteiger partial charge in [0, 0.05) is 21.5 Å². The van der Waals surface area contributed by atoms with Gasteiger partial charge < -0.3 is 4.42 Å². The summed E-state index contributed by atoms with van der Waals surface area (Å²) in [4.78, 5) is 12.3. The van der Waals surface area contributed by atoms with E-state index in [1.807, 2.05) is 0 Å². The Balaban J connectivity index is 1.80. The first-order valence-corrected chi connectivity index (χ1v) is 8.52. The van der Waals surface area contributed by atoms with E-state index < -0.39 is 29.4 Å². The fourth-order valence-electron chi connectivity index (χ4n) is 2.55. The van der Waals surface area contributed by atoms with Crippen LogP contribution in [0.15, 0.2) is 56.2 Å². The lowest BCUT2D eigenvalue weighted by molar-refractivity contribution is -0.113. The molecule has 2 aromatic rings. The van der Waals surface area contributed by atoms with Crippen LogP contribution >= 0.6 is 15.9 Å². The number of carbonyl (C=O) groups is 1. The van der Waals surface area contributed by atoms with Gasteiger partial charge in [-0.05, 0) is 30.7 Å². The molecule has 0 saturated heterocycles. The molecule has 0 aliphatic heterocycles. The van der Waals surface area contributed by atoms with Gasteiger partial charge in [-0.2, -0.15) is 13.2 Å². The molecule has 1 atom stereocenters. The summed E-state index contributed by atoms with van der Waals surface area (Å²) < 4.78 is 58.7. The van der Waals surface area contributed by atoms with E-state index in [9.17, 15) is 22.4 Å². The molecule has 0 bridgehead atoms. The van der Waals surface area contributed by atoms with Crippen molar-refractivity contribution in [3.63, 3.8) is 0 Å². The quantitative estimate of drug-likeness (QED) is 0.660. The molecule has 3 rings (SSSR count). The molecule has 0 radical (unpaired) electrons. The lowest BCUT2D eigenvalue weighted by atomic mass is 9.89. The van der Waals surface area contributed by atoms with Crippen molar-refractivity contribution in [2.45, 2.75) is 19.5 Å². The highest BCUT2D eigenvalue weighted by molar-refractivity contribution is 9.10. The number of aromatic nitrogens is 2. The second kappa shape index (κ2) is 7.26. The van der Waals surface area contributed by atoms with Gasteiger partial charge in [-0.1, -0.05) is 34.0 Å². The number of benzene rings is 1. The number of nitrogens with one attached hydrogen (secondary N) is 1. The fourth-order valence-corrected chi connectivity index (χ4v) is 2.95. The standard InChI is InChI=1S/C17H12BrF4N3O2/c1-8-5-10(7-12(13(8)19)17(20,21)22)14(26)23-16-25-24-15(27-16)9-3-2-4-11(18)6-9/h2-4,6-8H,5H2,1H3,(H,23,25,26). The molecule has 1 aromatic heterocycles. The Labute approximate surface area is 159 Å². The average Bonchev–Trinajstić information content (AvgIpc) is 3.04. The minimum Gasteiger partial charge on any atom is -0.403 e. The third-order valence-corrected chi connectivity index (χ3v) is 4.34. The third kappa shape index (κ3) is 4.26. The van der Waals surface area contributed by atoms with E-state index in [1.165, 1.54) is 6.92 Å². The number of anilines is 1. The van der Waals surface area contributed by atoms with E-state index in [4.69, 9.17) is 4.42 Å². The van der Waals surface area contributed by atoms with E-state index in [-0.39, 0.29) is 23.9 Å². The van der Waals surface area contributed by atoms with E-state index >= 15 is 0 Å². The molecular weight excluding hydrogens is 434 g/mol. The highest BCUT2D eigenvalue weighted by atomic mass is 79.9. The first kappa shape index (κ1) is 19.3. The second-order valence-electron chi connectivity index (χ2n) is 5.91. The number of hydrogen-bond acceptors (Lipinski definition) is 4. The molecular formula is C17H12BrF4N3O2. The topological polar surface area (TPSA) is 68.0 Å². The Bertz CT molecular complexity index is 950. The molecule has 10 heteroatoms. The summed E-state index contributed by atoms with van der Waals surface area (Å²) in [5.41, 5.74) is -1.09. The molecule has 1 heterocycles. The molecule has 27 heavy (non-hydrogen) atoms. The van der Waals surface area contributed by atoms with Crippen molar-refractivity contribution < 1.29 is 26.8 Å². The predicted octanol–water partition coefficient (Wildman–Crippen LogP) is 5.19. The number of allylic oxidation sites excluding steroid dienone is 3. The van der Waals surface area contributed by atoms with Gasteiger partial charge in [0.2, 0.25) is 5.89 Å². The molecule has 142 valence electrons. The van der Waals surface area contributed by atoms with Crippen LogP contribution in [0, 0.1) is 5.92 Å². The molecule has 1 unspecified atom stereocenters. The number of amides is 1. The average molecular weight is 446 g/mol. The molecule has 0 saturated carbocycles.